The molecule has 1 aromatic carbocycles. The van der Waals surface area contributed by atoms with Crippen LogP contribution in [-0.2, 0) is 0 Å². The molecule has 21 heavy (non-hydrogen) atoms. The van der Waals surface area contributed by atoms with Crippen molar-refractivity contribution in [2.75, 3.05) is 17.2 Å². The first-order valence-electron chi connectivity index (χ1n) is 7.14. The minimum Gasteiger partial charge on any atom is -0.399 e. The number of pyridine rings is 1. The number of aryl methyl sites for hydroxylation is 2. The number of rotatable bonds is 4. The maximum atomic E-state index is 12.8. The lowest BCUT2D eigenvalue weighted by Gasteiger charge is -2.23. The highest BCUT2D eigenvalue weighted by atomic mass is 16.2. The second kappa shape index (κ2) is 6.39. The van der Waals surface area contributed by atoms with Crippen LogP contribution in [0.4, 0.5) is 11.4 Å². The minimum atomic E-state index is -0.0216. The van der Waals surface area contributed by atoms with Crippen molar-refractivity contribution in [3.05, 3.63) is 53.3 Å². The summed E-state index contributed by atoms with van der Waals surface area (Å²) >= 11 is 0. The molecule has 4 nitrogen and oxygen atoms in total. The molecule has 1 amide bonds. The maximum Gasteiger partial charge on any atom is 0.260 e. The average Bonchev–Trinajstić information content (AvgIpc) is 2.45. The van der Waals surface area contributed by atoms with E-state index in [1.807, 2.05) is 50.2 Å². The molecule has 0 unspecified atom stereocenters. The summed E-state index contributed by atoms with van der Waals surface area (Å²) in [6, 6.07) is 11.1. The lowest BCUT2D eigenvalue weighted by molar-refractivity contribution is 0.0986. The van der Waals surface area contributed by atoms with Gasteiger partial charge in [-0.3, -0.25) is 9.78 Å². The van der Waals surface area contributed by atoms with E-state index in [2.05, 4.69) is 11.9 Å². The number of amides is 1. The van der Waals surface area contributed by atoms with Crippen molar-refractivity contribution in [2.45, 2.75) is 27.2 Å². The second-order valence-electron chi connectivity index (χ2n) is 5.13. The highest BCUT2D eigenvalue weighted by Crippen LogP contribution is 2.20. The Morgan fingerprint density at radius 1 is 1.14 bits per heavy atom. The molecule has 2 aromatic rings. The van der Waals surface area contributed by atoms with Crippen molar-refractivity contribution in [1.29, 1.82) is 0 Å². The molecule has 2 N–H and O–H groups in total. The normalized spacial score (nSPS) is 10.4. The first-order chi connectivity index (χ1) is 10.0. The smallest absolute Gasteiger partial charge is 0.260 e. The highest BCUT2D eigenvalue weighted by molar-refractivity contribution is 6.06. The Bertz CT molecular complexity index is 635. The number of carbonyl (C=O) groups excluding carboxylic acids is 1. The Labute approximate surface area is 125 Å². The van der Waals surface area contributed by atoms with Crippen molar-refractivity contribution in [2.24, 2.45) is 0 Å². The lowest BCUT2D eigenvalue weighted by atomic mass is 10.1. The molecule has 0 aliphatic carbocycles. The molecule has 0 aliphatic rings. The summed E-state index contributed by atoms with van der Waals surface area (Å²) in [5.41, 5.74) is 9.58. The van der Waals surface area contributed by atoms with E-state index in [9.17, 15) is 4.79 Å². The Kier molecular flexibility index (Phi) is 4.58. The van der Waals surface area contributed by atoms with Gasteiger partial charge in [-0.05, 0) is 56.7 Å². The zero-order valence-corrected chi connectivity index (χ0v) is 12.8. The fourth-order valence-electron chi connectivity index (χ4n) is 2.28. The zero-order chi connectivity index (χ0) is 15.4. The van der Waals surface area contributed by atoms with Gasteiger partial charge in [0.05, 0.1) is 11.3 Å². The Morgan fingerprint density at radius 3 is 2.38 bits per heavy atom. The van der Waals surface area contributed by atoms with Crippen molar-refractivity contribution >= 4 is 17.3 Å². The van der Waals surface area contributed by atoms with Gasteiger partial charge < -0.3 is 10.6 Å². The summed E-state index contributed by atoms with van der Waals surface area (Å²) < 4.78 is 0. The number of anilines is 2. The van der Waals surface area contributed by atoms with Crippen molar-refractivity contribution in [3.63, 3.8) is 0 Å². The molecule has 0 saturated carbocycles. The molecule has 0 fully saturated rings. The molecular weight excluding hydrogens is 262 g/mol. The Balaban J connectivity index is 2.37. The SMILES string of the molecule is CCCN(C(=O)c1ccc(C)nc1C)c1ccc(N)cc1. The topological polar surface area (TPSA) is 59.2 Å². The fraction of sp³-hybridized carbons (Fsp3) is 0.294. The molecular formula is C17H21N3O. The predicted molar refractivity (Wildman–Crippen MR) is 86.5 cm³/mol. The summed E-state index contributed by atoms with van der Waals surface area (Å²) in [5, 5.41) is 0. The molecule has 2 rings (SSSR count). The fourth-order valence-corrected chi connectivity index (χ4v) is 2.28. The van der Waals surface area contributed by atoms with Crippen LogP contribution in [0.2, 0.25) is 0 Å². The maximum absolute atomic E-state index is 12.8. The molecule has 0 radical (unpaired) electrons. The van der Waals surface area contributed by atoms with Gasteiger partial charge in [-0.25, -0.2) is 0 Å². The zero-order valence-electron chi connectivity index (χ0n) is 12.8. The van der Waals surface area contributed by atoms with E-state index < -0.39 is 0 Å². The van der Waals surface area contributed by atoms with Gasteiger partial charge in [-0.2, -0.15) is 0 Å². The first kappa shape index (κ1) is 15.0. The summed E-state index contributed by atoms with van der Waals surface area (Å²) in [7, 11) is 0. The summed E-state index contributed by atoms with van der Waals surface area (Å²) in [6.07, 6.45) is 0.883. The Morgan fingerprint density at radius 2 is 1.81 bits per heavy atom. The van der Waals surface area contributed by atoms with E-state index in [1.54, 1.807) is 4.90 Å². The van der Waals surface area contributed by atoms with Gasteiger partial charge in [0, 0.05) is 23.6 Å². The van der Waals surface area contributed by atoms with Crippen LogP contribution in [-0.4, -0.2) is 17.4 Å². The summed E-state index contributed by atoms with van der Waals surface area (Å²) in [4.78, 5) is 19.0. The van der Waals surface area contributed by atoms with Gasteiger partial charge >= 0.3 is 0 Å². The van der Waals surface area contributed by atoms with E-state index in [0.29, 0.717) is 17.8 Å². The summed E-state index contributed by atoms with van der Waals surface area (Å²) in [6.45, 7) is 6.51. The molecule has 0 aliphatic heterocycles. The van der Waals surface area contributed by atoms with Crippen LogP contribution in [0, 0.1) is 13.8 Å². The highest BCUT2D eigenvalue weighted by Gasteiger charge is 2.19. The van der Waals surface area contributed by atoms with Gasteiger partial charge in [0.15, 0.2) is 0 Å². The van der Waals surface area contributed by atoms with Crippen LogP contribution in [0.15, 0.2) is 36.4 Å². The van der Waals surface area contributed by atoms with Gasteiger partial charge in [0.2, 0.25) is 0 Å². The molecule has 1 aromatic heterocycles. The van der Waals surface area contributed by atoms with Gasteiger partial charge in [-0.15, -0.1) is 0 Å². The third-order valence-corrected chi connectivity index (χ3v) is 3.35. The van der Waals surface area contributed by atoms with E-state index in [4.69, 9.17) is 5.73 Å². The molecule has 0 bridgehead atoms. The molecule has 4 heteroatoms. The first-order valence-corrected chi connectivity index (χ1v) is 7.14. The monoisotopic (exact) mass is 283 g/mol. The van der Waals surface area contributed by atoms with Crippen molar-refractivity contribution in [3.8, 4) is 0 Å². The summed E-state index contributed by atoms with van der Waals surface area (Å²) in [5.74, 6) is -0.0216. The number of nitrogen functional groups attached to an aromatic ring is 1. The van der Waals surface area contributed by atoms with E-state index in [0.717, 1.165) is 23.5 Å². The third-order valence-electron chi connectivity index (χ3n) is 3.35. The van der Waals surface area contributed by atoms with Crippen molar-refractivity contribution < 1.29 is 4.79 Å². The van der Waals surface area contributed by atoms with Crippen LogP contribution in [0.5, 0.6) is 0 Å². The number of carbonyl (C=O) groups is 1. The second-order valence-corrected chi connectivity index (χ2v) is 5.13. The predicted octanol–water partition coefficient (Wildman–Crippen LogP) is 3.34. The molecule has 0 saturated heterocycles. The van der Waals surface area contributed by atoms with Gasteiger partial charge in [-0.1, -0.05) is 6.92 Å². The van der Waals surface area contributed by atoms with Crippen LogP contribution in [0.1, 0.15) is 35.1 Å². The number of nitrogens with two attached hydrogens (primary N) is 1. The minimum absolute atomic E-state index is 0.0216. The van der Waals surface area contributed by atoms with Crippen LogP contribution < -0.4 is 10.6 Å². The standard InChI is InChI=1S/C17H21N3O/c1-4-11-20(15-8-6-14(18)7-9-15)17(21)16-10-5-12(2)19-13(16)3/h5-10H,4,11,18H2,1-3H3. The van der Waals surface area contributed by atoms with Gasteiger partial charge in [0.1, 0.15) is 0 Å². The average molecular weight is 283 g/mol. The van der Waals surface area contributed by atoms with E-state index >= 15 is 0 Å². The van der Waals surface area contributed by atoms with Crippen LogP contribution >= 0.6 is 0 Å². The van der Waals surface area contributed by atoms with Crippen LogP contribution in [0.25, 0.3) is 0 Å². The number of nitrogens with zero attached hydrogens (tertiary/aromatic N) is 2. The Hall–Kier alpha value is -2.36. The number of aromatic nitrogens is 1. The van der Waals surface area contributed by atoms with E-state index in [1.165, 1.54) is 0 Å². The molecule has 110 valence electrons. The molecule has 0 spiro atoms. The largest absolute Gasteiger partial charge is 0.399 e. The van der Waals surface area contributed by atoms with Crippen molar-refractivity contribution in [1.82, 2.24) is 4.98 Å². The quantitative estimate of drug-likeness (QED) is 0.875. The molecule has 1 heterocycles. The molecule has 0 atom stereocenters. The lowest BCUT2D eigenvalue weighted by Crippen LogP contribution is -2.32. The number of benzene rings is 1. The third kappa shape index (κ3) is 3.40. The van der Waals surface area contributed by atoms with Crippen LogP contribution in [0.3, 0.4) is 0 Å². The number of hydrogen-bond donors (Lipinski definition) is 1. The van der Waals surface area contributed by atoms with E-state index in [-0.39, 0.29) is 5.91 Å². The number of hydrogen-bond acceptors (Lipinski definition) is 3. The van der Waals surface area contributed by atoms with Gasteiger partial charge in [0.25, 0.3) is 5.91 Å².